The summed E-state index contributed by atoms with van der Waals surface area (Å²) >= 11 is 0. The van der Waals surface area contributed by atoms with Crippen molar-refractivity contribution >= 4 is 0 Å². The first-order valence-electron chi connectivity index (χ1n) is 13.5. The Kier molecular flexibility index (Phi) is 9.85. The van der Waals surface area contributed by atoms with Crippen molar-refractivity contribution in [2.24, 2.45) is 23.7 Å². The van der Waals surface area contributed by atoms with Crippen molar-refractivity contribution in [2.45, 2.75) is 123 Å². The zero-order chi connectivity index (χ0) is 22.1. The molecule has 176 valence electrons. The van der Waals surface area contributed by atoms with Crippen LogP contribution in [0.1, 0.15) is 115 Å². The Hall–Kier alpha value is -0.920. The standard InChI is InChI=1S/C29H46F2/c1-3-7-28-21-20-27(22-29(28,30)31)9-6-5-8-24-14-16-26(17-15-24)19-18-25-12-10-23(4-2)11-13-25/h10-13,24,26-28H,3-9,14-22H2,1-2H3. The molecule has 1 aromatic rings. The fourth-order valence-corrected chi connectivity index (χ4v) is 6.24. The van der Waals surface area contributed by atoms with Gasteiger partial charge < -0.3 is 0 Å². The van der Waals surface area contributed by atoms with Crippen molar-refractivity contribution in [1.29, 1.82) is 0 Å². The molecule has 0 aliphatic heterocycles. The van der Waals surface area contributed by atoms with E-state index in [4.69, 9.17) is 0 Å². The van der Waals surface area contributed by atoms with Gasteiger partial charge in [0.1, 0.15) is 0 Å². The molecule has 2 saturated carbocycles. The highest BCUT2D eigenvalue weighted by molar-refractivity contribution is 5.22. The molecule has 2 fully saturated rings. The van der Waals surface area contributed by atoms with Gasteiger partial charge in [0.15, 0.2) is 0 Å². The third kappa shape index (κ3) is 7.86. The summed E-state index contributed by atoms with van der Waals surface area (Å²) in [6.45, 7) is 4.24. The maximum absolute atomic E-state index is 14.3. The monoisotopic (exact) mass is 432 g/mol. The average molecular weight is 433 g/mol. The summed E-state index contributed by atoms with van der Waals surface area (Å²) in [5.74, 6) is -0.690. The molecule has 1 aromatic carbocycles. The van der Waals surface area contributed by atoms with Gasteiger partial charge in [0.25, 0.3) is 5.92 Å². The van der Waals surface area contributed by atoms with Gasteiger partial charge in [-0.1, -0.05) is 95.9 Å². The van der Waals surface area contributed by atoms with E-state index in [2.05, 4.69) is 31.2 Å². The molecule has 2 aliphatic rings. The van der Waals surface area contributed by atoms with Crippen LogP contribution in [-0.2, 0) is 12.8 Å². The molecular weight excluding hydrogens is 386 g/mol. The molecule has 0 saturated heterocycles. The summed E-state index contributed by atoms with van der Waals surface area (Å²) in [5.41, 5.74) is 2.93. The molecule has 2 aliphatic carbocycles. The fourth-order valence-electron chi connectivity index (χ4n) is 6.24. The van der Waals surface area contributed by atoms with Crippen molar-refractivity contribution in [2.75, 3.05) is 0 Å². The van der Waals surface area contributed by atoms with E-state index in [-0.39, 0.29) is 18.3 Å². The van der Waals surface area contributed by atoms with E-state index < -0.39 is 5.92 Å². The third-order valence-corrected chi connectivity index (χ3v) is 8.43. The number of alkyl halides is 2. The number of unbranched alkanes of at least 4 members (excludes halogenated alkanes) is 1. The van der Waals surface area contributed by atoms with Crippen molar-refractivity contribution in [3.63, 3.8) is 0 Å². The Morgan fingerprint density at radius 1 is 0.710 bits per heavy atom. The molecule has 0 N–H and O–H groups in total. The Balaban J connectivity index is 1.25. The summed E-state index contributed by atoms with van der Waals surface area (Å²) in [7, 11) is 0. The van der Waals surface area contributed by atoms with E-state index in [1.54, 1.807) is 0 Å². The Morgan fingerprint density at radius 2 is 1.26 bits per heavy atom. The topological polar surface area (TPSA) is 0 Å². The second-order valence-electron chi connectivity index (χ2n) is 10.8. The molecule has 0 heterocycles. The summed E-state index contributed by atoms with van der Waals surface area (Å²) in [6.07, 6.45) is 17.5. The van der Waals surface area contributed by atoms with Gasteiger partial charge in [-0.15, -0.1) is 0 Å². The Bertz CT molecular complexity index is 612. The van der Waals surface area contributed by atoms with Gasteiger partial charge in [-0.25, -0.2) is 8.78 Å². The smallest absolute Gasteiger partial charge is 0.207 e. The SMILES string of the molecule is CCCC1CCC(CCCCC2CCC(CCc3ccc(CC)cc3)CC2)CC1(F)F. The van der Waals surface area contributed by atoms with Crippen molar-refractivity contribution in [1.82, 2.24) is 0 Å². The highest BCUT2D eigenvalue weighted by atomic mass is 19.3. The second kappa shape index (κ2) is 12.4. The van der Waals surface area contributed by atoms with Crippen LogP contribution in [0.2, 0.25) is 0 Å². The molecule has 0 amide bonds. The molecule has 2 unspecified atom stereocenters. The highest BCUT2D eigenvalue weighted by Gasteiger charge is 2.43. The van der Waals surface area contributed by atoms with Crippen LogP contribution in [-0.4, -0.2) is 5.92 Å². The number of halogens is 2. The molecule has 31 heavy (non-hydrogen) atoms. The number of aryl methyl sites for hydroxylation is 2. The Morgan fingerprint density at radius 3 is 1.84 bits per heavy atom. The van der Waals surface area contributed by atoms with E-state index in [9.17, 15) is 8.78 Å². The number of benzene rings is 1. The minimum atomic E-state index is -2.41. The minimum absolute atomic E-state index is 0.157. The van der Waals surface area contributed by atoms with Crippen LogP contribution in [0.25, 0.3) is 0 Å². The van der Waals surface area contributed by atoms with E-state index in [1.165, 1.54) is 62.5 Å². The van der Waals surface area contributed by atoms with Crippen LogP contribution in [0.15, 0.2) is 24.3 Å². The first-order chi connectivity index (χ1) is 15.0. The first kappa shape index (κ1) is 24.7. The molecule has 0 aromatic heterocycles. The van der Waals surface area contributed by atoms with Crippen molar-refractivity contribution in [3.05, 3.63) is 35.4 Å². The van der Waals surface area contributed by atoms with Gasteiger partial charge in [-0.2, -0.15) is 0 Å². The van der Waals surface area contributed by atoms with Crippen LogP contribution in [0.4, 0.5) is 8.78 Å². The molecule has 2 heteroatoms. The van der Waals surface area contributed by atoms with E-state index >= 15 is 0 Å². The molecule has 0 bridgehead atoms. The van der Waals surface area contributed by atoms with Crippen molar-refractivity contribution in [3.8, 4) is 0 Å². The van der Waals surface area contributed by atoms with Gasteiger partial charge in [0.2, 0.25) is 0 Å². The summed E-state index contributed by atoms with van der Waals surface area (Å²) in [6, 6.07) is 9.20. The largest absolute Gasteiger partial charge is 0.251 e. The molecule has 3 rings (SSSR count). The first-order valence-corrected chi connectivity index (χ1v) is 13.5. The summed E-state index contributed by atoms with van der Waals surface area (Å²) in [5, 5.41) is 0. The zero-order valence-electron chi connectivity index (χ0n) is 20.2. The number of hydrogen-bond donors (Lipinski definition) is 0. The second-order valence-corrected chi connectivity index (χ2v) is 10.8. The molecule has 0 radical (unpaired) electrons. The molecule has 0 nitrogen and oxygen atoms in total. The quantitative estimate of drug-likeness (QED) is 0.305. The summed E-state index contributed by atoms with van der Waals surface area (Å²) in [4.78, 5) is 0. The molecular formula is C29H46F2. The minimum Gasteiger partial charge on any atom is -0.207 e. The maximum atomic E-state index is 14.3. The van der Waals surface area contributed by atoms with Crippen molar-refractivity contribution < 1.29 is 8.78 Å². The lowest BCUT2D eigenvalue weighted by Crippen LogP contribution is -2.35. The average Bonchev–Trinajstić information content (AvgIpc) is 2.78. The zero-order valence-corrected chi connectivity index (χ0v) is 20.2. The lowest BCUT2D eigenvalue weighted by atomic mass is 9.75. The van der Waals surface area contributed by atoms with Gasteiger partial charge in [-0.05, 0) is 67.4 Å². The van der Waals surface area contributed by atoms with Crippen LogP contribution in [0.3, 0.4) is 0 Å². The third-order valence-electron chi connectivity index (χ3n) is 8.43. The number of hydrogen-bond acceptors (Lipinski definition) is 0. The normalized spacial score (nSPS) is 28.5. The summed E-state index contributed by atoms with van der Waals surface area (Å²) < 4.78 is 28.7. The maximum Gasteiger partial charge on any atom is 0.251 e. The van der Waals surface area contributed by atoms with E-state index in [0.29, 0.717) is 6.42 Å². The van der Waals surface area contributed by atoms with Crippen LogP contribution in [0.5, 0.6) is 0 Å². The van der Waals surface area contributed by atoms with Crippen LogP contribution in [0, 0.1) is 23.7 Å². The predicted molar refractivity (Wildman–Crippen MR) is 129 cm³/mol. The fraction of sp³-hybridized carbons (Fsp3) is 0.793. The Labute approximate surface area is 190 Å². The van der Waals surface area contributed by atoms with Gasteiger partial charge in [0.05, 0.1) is 0 Å². The lowest BCUT2D eigenvalue weighted by molar-refractivity contribution is -0.106. The van der Waals surface area contributed by atoms with Gasteiger partial charge in [0, 0.05) is 12.3 Å². The van der Waals surface area contributed by atoms with E-state index in [1.807, 2.05) is 6.92 Å². The molecule has 2 atom stereocenters. The lowest BCUT2D eigenvalue weighted by Gasteiger charge is -2.36. The van der Waals surface area contributed by atoms with Gasteiger partial charge >= 0.3 is 0 Å². The van der Waals surface area contributed by atoms with E-state index in [0.717, 1.165) is 50.4 Å². The molecule has 0 spiro atoms. The highest BCUT2D eigenvalue weighted by Crippen LogP contribution is 2.45. The number of rotatable bonds is 11. The van der Waals surface area contributed by atoms with Crippen LogP contribution < -0.4 is 0 Å². The van der Waals surface area contributed by atoms with Crippen LogP contribution >= 0.6 is 0 Å². The van der Waals surface area contributed by atoms with Gasteiger partial charge in [-0.3, -0.25) is 0 Å². The predicted octanol–water partition coefficient (Wildman–Crippen LogP) is 9.40.